The fourth-order valence-corrected chi connectivity index (χ4v) is 0.569. The Hall–Kier alpha value is -1.85. The number of aromatic nitrogens is 2. The molecule has 0 saturated carbocycles. The minimum absolute atomic E-state index is 0.482. The van der Waals surface area contributed by atoms with E-state index in [1.807, 2.05) is 4.98 Å². The van der Waals surface area contributed by atoms with E-state index in [-0.39, 0.29) is 0 Å². The van der Waals surface area contributed by atoms with Crippen LogP contribution in [0.3, 0.4) is 0 Å². The van der Waals surface area contributed by atoms with Crippen molar-refractivity contribution in [2.24, 2.45) is 0 Å². The highest BCUT2D eigenvalue weighted by atomic mass is 16.5. The summed E-state index contributed by atoms with van der Waals surface area (Å²) in [5.74, 6) is -1.37. The second kappa shape index (κ2) is 2.41. The van der Waals surface area contributed by atoms with Crippen LogP contribution in [0.2, 0.25) is 0 Å². The van der Waals surface area contributed by atoms with Crippen LogP contribution >= 0.6 is 0 Å². The zero-order chi connectivity index (χ0) is 8.43. The van der Waals surface area contributed by atoms with Crippen LogP contribution in [0.15, 0.2) is 15.8 Å². The number of nitrogens with one attached hydrogen (secondary N) is 2. The van der Waals surface area contributed by atoms with Gasteiger partial charge < -0.3 is 10.1 Å². The van der Waals surface area contributed by atoms with E-state index < -0.39 is 22.8 Å². The molecule has 0 aromatic carbocycles. The van der Waals surface area contributed by atoms with E-state index in [4.69, 9.17) is 5.11 Å². The van der Waals surface area contributed by atoms with Crippen molar-refractivity contribution in [1.82, 2.24) is 9.97 Å². The van der Waals surface area contributed by atoms with E-state index in [1.165, 1.54) is 0 Å². The predicted molar refractivity (Wildman–Crippen MR) is 34.6 cm³/mol. The number of aromatic amines is 2. The van der Waals surface area contributed by atoms with Crippen molar-refractivity contribution in [3.8, 4) is 0 Å². The molecule has 1 aromatic heterocycles. The first-order chi connectivity index (χ1) is 5.11. The van der Waals surface area contributed by atoms with Crippen molar-refractivity contribution in [2.75, 3.05) is 0 Å². The maximum Gasteiger partial charge on any atom is 0.342 e. The molecule has 58 valence electrons. The van der Waals surface area contributed by atoms with Crippen molar-refractivity contribution in [2.45, 2.75) is 0 Å². The summed E-state index contributed by atoms with van der Waals surface area (Å²) in [6.07, 6.45) is 0.851. The molecule has 6 nitrogen and oxygen atoms in total. The summed E-state index contributed by atoms with van der Waals surface area (Å²) in [6, 6.07) is 0. The molecule has 0 unspecified atom stereocenters. The smallest absolute Gasteiger partial charge is 0.342 e. The molecule has 0 aliphatic heterocycles. The van der Waals surface area contributed by atoms with Crippen molar-refractivity contribution in [3.63, 3.8) is 0 Å². The van der Waals surface area contributed by atoms with Gasteiger partial charge in [0.25, 0.3) is 5.56 Å². The lowest BCUT2D eigenvalue weighted by atomic mass is 11.0. The van der Waals surface area contributed by atoms with E-state index >= 15 is 0 Å². The van der Waals surface area contributed by atoms with Crippen LogP contribution in [-0.4, -0.2) is 21.0 Å². The van der Waals surface area contributed by atoms with E-state index in [0.717, 1.165) is 6.20 Å². The molecular weight excluding hydrogens is 156 g/mol. The van der Waals surface area contributed by atoms with E-state index in [1.54, 1.807) is 4.98 Å². The second-order valence-corrected chi connectivity index (χ2v) is 1.79. The molecule has 0 atom stereocenters. The molecule has 0 saturated heterocycles. The topological polar surface area (TPSA) is 103 Å². The Labute approximate surface area is 59.5 Å². The Bertz CT molecular complexity index is 388. The molecule has 6 heteroatoms. The molecule has 3 N–H and O–H groups in total. The van der Waals surface area contributed by atoms with Crippen LogP contribution in [0.5, 0.6) is 0 Å². The van der Waals surface area contributed by atoms with Crippen molar-refractivity contribution < 1.29 is 9.90 Å². The van der Waals surface area contributed by atoms with E-state index in [9.17, 15) is 14.4 Å². The molecular formula is C5H4N2O4. The average Bonchev–Trinajstić information content (AvgIpc) is 1.85. The maximum absolute atomic E-state index is 10.6. The van der Waals surface area contributed by atoms with E-state index in [2.05, 4.69) is 0 Å². The third-order valence-corrected chi connectivity index (χ3v) is 1.05. The first-order valence-corrected chi connectivity index (χ1v) is 2.66. The van der Waals surface area contributed by atoms with Crippen LogP contribution in [-0.2, 0) is 0 Å². The van der Waals surface area contributed by atoms with E-state index in [0.29, 0.717) is 0 Å². The van der Waals surface area contributed by atoms with Crippen molar-refractivity contribution in [1.29, 1.82) is 0 Å². The number of carboxylic acid groups (broad SMARTS) is 1. The molecule has 11 heavy (non-hydrogen) atoms. The zero-order valence-electron chi connectivity index (χ0n) is 5.25. The maximum atomic E-state index is 10.6. The zero-order valence-corrected chi connectivity index (χ0v) is 5.25. The van der Waals surface area contributed by atoms with Gasteiger partial charge in [-0.3, -0.25) is 9.78 Å². The molecule has 0 spiro atoms. The Morgan fingerprint density at radius 3 is 2.55 bits per heavy atom. The minimum atomic E-state index is -1.37. The van der Waals surface area contributed by atoms with Gasteiger partial charge in [0.15, 0.2) is 0 Å². The van der Waals surface area contributed by atoms with Crippen molar-refractivity contribution in [3.05, 3.63) is 32.6 Å². The third kappa shape index (κ3) is 1.34. The number of carboxylic acids is 1. The largest absolute Gasteiger partial charge is 0.477 e. The Morgan fingerprint density at radius 2 is 2.09 bits per heavy atom. The summed E-state index contributed by atoms with van der Waals surface area (Å²) in [7, 11) is 0. The summed E-state index contributed by atoms with van der Waals surface area (Å²) < 4.78 is 0. The minimum Gasteiger partial charge on any atom is -0.477 e. The standard InChI is InChI=1S/C5H4N2O4/c8-3-2(4(9)10)1-6-5(11)7-3/h1H,(H,9,10)(H2,6,7,8,11)/i2+1,3+1,4+1,5+1. The Balaban J connectivity index is 3.43. The highest BCUT2D eigenvalue weighted by Crippen LogP contribution is 1.81. The molecule has 0 bridgehead atoms. The lowest BCUT2D eigenvalue weighted by Gasteiger charge is -1.88. The quantitative estimate of drug-likeness (QED) is 0.447. The first-order valence-electron chi connectivity index (χ1n) is 2.66. The molecule has 0 aliphatic rings. The first kappa shape index (κ1) is 7.26. The van der Waals surface area contributed by atoms with Crippen molar-refractivity contribution >= 4 is 5.97 Å². The van der Waals surface area contributed by atoms with Crippen LogP contribution in [0.25, 0.3) is 0 Å². The van der Waals surface area contributed by atoms with Gasteiger partial charge in [-0.25, -0.2) is 9.59 Å². The predicted octanol–water partition coefficient (Wildman–Crippen LogP) is -1.24. The Morgan fingerprint density at radius 1 is 1.45 bits per heavy atom. The van der Waals surface area contributed by atoms with Gasteiger partial charge in [0.2, 0.25) is 0 Å². The van der Waals surface area contributed by atoms with Gasteiger partial charge in [-0.15, -0.1) is 0 Å². The molecule has 0 fully saturated rings. The summed E-state index contributed by atoms with van der Waals surface area (Å²) >= 11 is 0. The fraction of sp³-hybridized carbons (Fsp3) is 0. The van der Waals surface area contributed by atoms with Gasteiger partial charge in [-0.05, 0) is 0 Å². The monoisotopic (exact) mass is 160 g/mol. The SMILES string of the molecule is O=[13C](O)[13c]1c[nH][13c](=O)[nH][13c]1=O. The lowest BCUT2D eigenvalue weighted by Crippen LogP contribution is -2.26. The van der Waals surface area contributed by atoms with Crippen LogP contribution < -0.4 is 11.2 Å². The van der Waals surface area contributed by atoms with Crippen LogP contribution in [0, 0.1) is 0 Å². The summed E-state index contributed by atoms with van der Waals surface area (Å²) in [5, 5.41) is 8.31. The third-order valence-electron chi connectivity index (χ3n) is 1.05. The molecule has 1 aromatic rings. The highest BCUT2D eigenvalue weighted by molar-refractivity contribution is 5.86. The van der Waals surface area contributed by atoms with Gasteiger partial charge in [0.1, 0.15) is 5.56 Å². The lowest BCUT2D eigenvalue weighted by molar-refractivity contribution is 0.0694. The average molecular weight is 160 g/mol. The number of rotatable bonds is 1. The number of H-pyrrole nitrogens is 2. The molecule has 1 heterocycles. The molecule has 1 rings (SSSR count). The van der Waals surface area contributed by atoms with Gasteiger partial charge in [-0.1, -0.05) is 0 Å². The van der Waals surface area contributed by atoms with Gasteiger partial charge >= 0.3 is 11.7 Å². The molecule has 0 radical (unpaired) electrons. The van der Waals surface area contributed by atoms with Gasteiger partial charge in [0.05, 0.1) is 0 Å². The molecule has 0 amide bonds. The van der Waals surface area contributed by atoms with Gasteiger partial charge in [0, 0.05) is 6.20 Å². The second-order valence-electron chi connectivity index (χ2n) is 1.79. The summed E-state index contributed by atoms with van der Waals surface area (Å²) in [5.41, 5.74) is -2.11. The van der Waals surface area contributed by atoms with Crippen LogP contribution in [0.4, 0.5) is 0 Å². The number of hydrogen-bond donors (Lipinski definition) is 3. The number of hydrogen-bond acceptors (Lipinski definition) is 3. The fourth-order valence-electron chi connectivity index (χ4n) is 0.569. The molecule has 0 aliphatic carbocycles. The summed E-state index contributed by atoms with van der Waals surface area (Å²) in [4.78, 5) is 35.0. The van der Waals surface area contributed by atoms with Gasteiger partial charge in [-0.2, -0.15) is 0 Å². The summed E-state index contributed by atoms with van der Waals surface area (Å²) in [6.45, 7) is 0. The normalized spacial score (nSPS) is 9.45. The number of aromatic carboxylic acids is 1. The highest BCUT2D eigenvalue weighted by Gasteiger charge is 2.06. The number of carbonyl (C=O) groups is 1. The van der Waals surface area contributed by atoms with Crippen LogP contribution in [0.1, 0.15) is 10.4 Å². The Kier molecular flexibility index (Phi) is 1.59.